The Labute approximate surface area is 127 Å². The fraction of sp³-hybridized carbons (Fsp3) is 0.400. The number of hydrogen-bond acceptors (Lipinski definition) is 3. The quantitative estimate of drug-likeness (QED) is 0.859. The van der Waals surface area contributed by atoms with Gasteiger partial charge in [-0.3, -0.25) is 0 Å². The Kier molecular flexibility index (Phi) is 4.83. The van der Waals surface area contributed by atoms with Crippen LogP contribution in [0.15, 0.2) is 28.7 Å². The van der Waals surface area contributed by atoms with Gasteiger partial charge in [0.1, 0.15) is 0 Å². The van der Waals surface area contributed by atoms with Crippen LogP contribution in [-0.4, -0.2) is 36.4 Å². The maximum atomic E-state index is 10.5. The summed E-state index contributed by atoms with van der Waals surface area (Å²) in [6, 6.07) is 5.86. The second-order valence-electron chi connectivity index (χ2n) is 5.04. The highest BCUT2D eigenvalue weighted by Crippen LogP contribution is 2.30. The number of ether oxygens (including phenoxy) is 1. The molecular formula is C15H18BrNO3. The second-order valence-corrected chi connectivity index (χ2v) is 5.90. The van der Waals surface area contributed by atoms with E-state index in [9.17, 15) is 4.79 Å². The van der Waals surface area contributed by atoms with Gasteiger partial charge in [0, 0.05) is 23.6 Å². The number of rotatable bonds is 3. The number of carboxylic acids is 1. The van der Waals surface area contributed by atoms with Crippen LogP contribution in [0.1, 0.15) is 19.4 Å². The van der Waals surface area contributed by atoms with Crippen molar-refractivity contribution in [2.75, 3.05) is 18.0 Å². The summed E-state index contributed by atoms with van der Waals surface area (Å²) in [6.07, 6.45) is 3.14. The van der Waals surface area contributed by atoms with E-state index in [2.05, 4.69) is 34.7 Å². The molecule has 2 atom stereocenters. The molecule has 0 spiro atoms. The van der Waals surface area contributed by atoms with Gasteiger partial charge in [-0.25, -0.2) is 4.79 Å². The molecule has 1 heterocycles. The van der Waals surface area contributed by atoms with Crippen molar-refractivity contribution in [3.63, 3.8) is 0 Å². The third-order valence-corrected chi connectivity index (χ3v) is 3.79. The molecular weight excluding hydrogens is 322 g/mol. The minimum absolute atomic E-state index is 0.206. The molecule has 1 aromatic carbocycles. The van der Waals surface area contributed by atoms with Crippen molar-refractivity contribution in [3.8, 4) is 0 Å². The standard InChI is InChI=1S/C15H18BrNO3/c1-10-8-17(9-11(2)20-10)14-5-3-12(7-13(14)16)4-6-15(18)19/h3-7,10-11H,8-9H2,1-2H3,(H,18,19)/b6-4+/t10-,11+. The van der Waals surface area contributed by atoms with E-state index in [1.807, 2.05) is 18.2 Å². The number of aliphatic carboxylic acids is 1. The molecule has 0 amide bonds. The summed E-state index contributed by atoms with van der Waals surface area (Å²) in [6.45, 7) is 5.85. The first-order valence-corrected chi connectivity index (χ1v) is 7.36. The Balaban J connectivity index is 2.19. The Morgan fingerprint density at radius 1 is 1.40 bits per heavy atom. The van der Waals surface area contributed by atoms with Crippen molar-refractivity contribution in [3.05, 3.63) is 34.3 Å². The predicted molar refractivity (Wildman–Crippen MR) is 83.0 cm³/mol. The Hall–Kier alpha value is -1.33. The van der Waals surface area contributed by atoms with Gasteiger partial charge in [-0.2, -0.15) is 0 Å². The van der Waals surface area contributed by atoms with Gasteiger partial charge in [0.25, 0.3) is 0 Å². The summed E-state index contributed by atoms with van der Waals surface area (Å²) in [7, 11) is 0. The van der Waals surface area contributed by atoms with E-state index in [0.717, 1.165) is 34.9 Å². The highest BCUT2D eigenvalue weighted by atomic mass is 79.9. The highest BCUT2D eigenvalue weighted by Gasteiger charge is 2.23. The van der Waals surface area contributed by atoms with Gasteiger partial charge in [0.15, 0.2) is 0 Å². The summed E-state index contributed by atoms with van der Waals surface area (Å²) in [5.74, 6) is -0.943. The normalized spacial score (nSPS) is 23.2. The van der Waals surface area contributed by atoms with E-state index in [0.29, 0.717) is 0 Å². The fourth-order valence-corrected chi connectivity index (χ4v) is 3.07. The molecule has 0 radical (unpaired) electrons. The van der Waals surface area contributed by atoms with Crippen molar-refractivity contribution in [2.24, 2.45) is 0 Å². The van der Waals surface area contributed by atoms with Crippen LogP contribution in [0.5, 0.6) is 0 Å². The molecule has 4 nitrogen and oxygen atoms in total. The molecule has 20 heavy (non-hydrogen) atoms. The van der Waals surface area contributed by atoms with E-state index < -0.39 is 5.97 Å². The van der Waals surface area contributed by atoms with Crippen molar-refractivity contribution in [2.45, 2.75) is 26.1 Å². The van der Waals surface area contributed by atoms with E-state index >= 15 is 0 Å². The summed E-state index contributed by atoms with van der Waals surface area (Å²) in [5, 5.41) is 8.64. The molecule has 2 rings (SSSR count). The second kappa shape index (κ2) is 6.41. The summed E-state index contributed by atoms with van der Waals surface area (Å²) < 4.78 is 6.70. The first-order valence-electron chi connectivity index (χ1n) is 6.56. The van der Waals surface area contributed by atoms with Crippen molar-refractivity contribution in [1.29, 1.82) is 0 Å². The molecule has 0 unspecified atom stereocenters. The monoisotopic (exact) mass is 339 g/mol. The van der Waals surface area contributed by atoms with Gasteiger partial charge >= 0.3 is 5.97 Å². The van der Waals surface area contributed by atoms with Gasteiger partial charge in [-0.05, 0) is 53.5 Å². The van der Waals surface area contributed by atoms with Crippen LogP contribution < -0.4 is 4.90 Å². The topological polar surface area (TPSA) is 49.8 Å². The van der Waals surface area contributed by atoms with Crippen LogP contribution in [-0.2, 0) is 9.53 Å². The lowest BCUT2D eigenvalue weighted by molar-refractivity contribution is -0.131. The van der Waals surface area contributed by atoms with Crippen LogP contribution in [0.3, 0.4) is 0 Å². The van der Waals surface area contributed by atoms with Gasteiger partial charge in [0.05, 0.1) is 17.9 Å². The molecule has 5 heteroatoms. The molecule has 0 bridgehead atoms. The van der Waals surface area contributed by atoms with Crippen molar-refractivity contribution in [1.82, 2.24) is 0 Å². The van der Waals surface area contributed by atoms with Crippen LogP contribution in [0.2, 0.25) is 0 Å². The average Bonchev–Trinajstić information content (AvgIpc) is 2.35. The lowest BCUT2D eigenvalue weighted by Crippen LogP contribution is -2.45. The van der Waals surface area contributed by atoms with Crippen molar-refractivity contribution < 1.29 is 14.6 Å². The zero-order chi connectivity index (χ0) is 14.7. The largest absolute Gasteiger partial charge is 0.478 e. The van der Waals surface area contributed by atoms with Crippen LogP contribution >= 0.6 is 15.9 Å². The molecule has 1 aliphatic rings. The molecule has 1 saturated heterocycles. The minimum atomic E-state index is -0.943. The number of hydrogen-bond donors (Lipinski definition) is 1. The van der Waals surface area contributed by atoms with Gasteiger partial charge in [-0.1, -0.05) is 6.07 Å². The minimum Gasteiger partial charge on any atom is -0.478 e. The first-order chi connectivity index (χ1) is 9.45. The van der Waals surface area contributed by atoms with E-state index in [4.69, 9.17) is 9.84 Å². The maximum Gasteiger partial charge on any atom is 0.328 e. The maximum absolute atomic E-state index is 10.5. The molecule has 1 aliphatic heterocycles. The van der Waals surface area contributed by atoms with Gasteiger partial charge < -0.3 is 14.7 Å². The number of carbonyl (C=O) groups is 1. The van der Waals surface area contributed by atoms with Crippen LogP contribution in [0, 0.1) is 0 Å². The smallest absolute Gasteiger partial charge is 0.328 e. The van der Waals surface area contributed by atoms with Gasteiger partial charge in [0.2, 0.25) is 0 Å². The molecule has 0 aliphatic carbocycles. The van der Waals surface area contributed by atoms with E-state index in [1.165, 1.54) is 0 Å². The molecule has 0 aromatic heterocycles. The third-order valence-electron chi connectivity index (χ3n) is 3.15. The first kappa shape index (κ1) is 15.1. The Morgan fingerprint density at radius 3 is 2.60 bits per heavy atom. The van der Waals surface area contributed by atoms with E-state index in [-0.39, 0.29) is 12.2 Å². The lowest BCUT2D eigenvalue weighted by Gasteiger charge is -2.37. The number of halogens is 1. The summed E-state index contributed by atoms with van der Waals surface area (Å²) in [5.41, 5.74) is 1.97. The number of carboxylic acid groups (broad SMARTS) is 1. The molecule has 108 valence electrons. The average molecular weight is 340 g/mol. The fourth-order valence-electron chi connectivity index (χ4n) is 2.43. The van der Waals surface area contributed by atoms with Crippen molar-refractivity contribution >= 4 is 33.7 Å². The Bertz CT molecular complexity index is 520. The predicted octanol–water partition coefficient (Wildman–Crippen LogP) is 3.16. The van der Waals surface area contributed by atoms with Gasteiger partial charge in [-0.15, -0.1) is 0 Å². The lowest BCUT2D eigenvalue weighted by atomic mass is 10.1. The zero-order valence-electron chi connectivity index (χ0n) is 11.5. The summed E-state index contributed by atoms with van der Waals surface area (Å²) >= 11 is 3.57. The summed E-state index contributed by atoms with van der Waals surface area (Å²) in [4.78, 5) is 12.8. The number of benzene rings is 1. The molecule has 1 N–H and O–H groups in total. The number of nitrogens with zero attached hydrogens (tertiary/aromatic N) is 1. The van der Waals surface area contributed by atoms with E-state index in [1.54, 1.807) is 6.08 Å². The number of anilines is 1. The SMILES string of the molecule is C[C@@H]1CN(c2ccc(/C=C/C(=O)O)cc2Br)C[C@H](C)O1. The number of morpholine rings is 1. The van der Waals surface area contributed by atoms with Crippen LogP contribution in [0.4, 0.5) is 5.69 Å². The third kappa shape index (κ3) is 3.84. The highest BCUT2D eigenvalue weighted by molar-refractivity contribution is 9.10. The molecule has 0 saturated carbocycles. The molecule has 1 fully saturated rings. The molecule has 1 aromatic rings. The van der Waals surface area contributed by atoms with Crippen LogP contribution in [0.25, 0.3) is 6.08 Å². The zero-order valence-corrected chi connectivity index (χ0v) is 13.1. The Morgan fingerprint density at radius 2 is 2.05 bits per heavy atom.